The molecule has 0 saturated heterocycles. The standard InChI is InChI=1S/C18H25N5OS/c1-14-21-22-17(25-13-16(24)20-18(2,3)4)23(14)19-12-8-11-15-9-6-5-7-10-15/h5-11,19H,12-13H2,1-4H3,(H,20,24)/b11-8+. The first kappa shape index (κ1) is 19.1. The molecule has 0 spiro atoms. The lowest BCUT2D eigenvalue weighted by molar-refractivity contribution is -0.119. The van der Waals surface area contributed by atoms with Crippen LogP contribution in [0.1, 0.15) is 32.2 Å². The molecule has 2 N–H and O–H groups in total. The van der Waals surface area contributed by atoms with Gasteiger partial charge >= 0.3 is 0 Å². The first-order valence-electron chi connectivity index (χ1n) is 8.16. The molecule has 0 aliphatic rings. The van der Waals surface area contributed by atoms with Gasteiger partial charge in [-0.05, 0) is 33.3 Å². The van der Waals surface area contributed by atoms with E-state index in [1.54, 1.807) is 0 Å². The van der Waals surface area contributed by atoms with Crippen LogP contribution in [0.25, 0.3) is 6.08 Å². The summed E-state index contributed by atoms with van der Waals surface area (Å²) in [7, 11) is 0. The fourth-order valence-electron chi connectivity index (χ4n) is 2.11. The molecule has 0 bridgehead atoms. The molecule has 6 nitrogen and oxygen atoms in total. The zero-order valence-corrected chi connectivity index (χ0v) is 15.9. The van der Waals surface area contributed by atoms with E-state index >= 15 is 0 Å². The quantitative estimate of drug-likeness (QED) is 0.744. The third kappa shape index (κ3) is 6.62. The van der Waals surface area contributed by atoms with Gasteiger partial charge in [-0.2, -0.15) is 0 Å². The van der Waals surface area contributed by atoms with Crippen molar-refractivity contribution in [1.82, 2.24) is 20.2 Å². The Hall–Kier alpha value is -2.28. The molecule has 7 heteroatoms. The van der Waals surface area contributed by atoms with Crippen LogP contribution in [-0.4, -0.2) is 38.6 Å². The number of carbonyl (C=O) groups is 1. The number of carbonyl (C=O) groups excluding carboxylic acids is 1. The Kier molecular flexibility index (Phi) is 6.64. The van der Waals surface area contributed by atoms with Gasteiger partial charge in [-0.1, -0.05) is 54.2 Å². The van der Waals surface area contributed by atoms with Gasteiger partial charge in [-0.3, -0.25) is 4.79 Å². The van der Waals surface area contributed by atoms with Crippen LogP contribution in [0.2, 0.25) is 0 Å². The van der Waals surface area contributed by atoms with Gasteiger partial charge in [0.2, 0.25) is 11.1 Å². The van der Waals surface area contributed by atoms with Gasteiger partial charge in [-0.15, -0.1) is 10.2 Å². The summed E-state index contributed by atoms with van der Waals surface area (Å²) in [6.45, 7) is 8.39. The zero-order chi connectivity index (χ0) is 18.3. The molecule has 134 valence electrons. The molecular weight excluding hydrogens is 334 g/mol. The molecule has 0 fully saturated rings. The molecule has 1 aromatic carbocycles. The molecule has 0 saturated carbocycles. The second-order valence-corrected chi connectivity index (χ2v) is 7.57. The summed E-state index contributed by atoms with van der Waals surface area (Å²) in [6, 6.07) is 10.1. The SMILES string of the molecule is Cc1nnc(SCC(=O)NC(C)(C)C)n1NC/C=C/c1ccccc1. The van der Waals surface area contributed by atoms with Crippen LogP contribution < -0.4 is 10.7 Å². The van der Waals surface area contributed by atoms with E-state index < -0.39 is 0 Å². The van der Waals surface area contributed by atoms with Crippen molar-refractivity contribution >= 4 is 23.7 Å². The van der Waals surface area contributed by atoms with Crippen LogP contribution in [0, 0.1) is 6.92 Å². The van der Waals surface area contributed by atoms with Crippen LogP contribution in [0.15, 0.2) is 41.6 Å². The van der Waals surface area contributed by atoms with E-state index in [9.17, 15) is 4.79 Å². The molecule has 0 atom stereocenters. The molecule has 0 unspecified atom stereocenters. The van der Waals surface area contributed by atoms with Gasteiger partial charge in [0.1, 0.15) is 5.82 Å². The maximum absolute atomic E-state index is 11.9. The first-order chi connectivity index (χ1) is 11.8. The van der Waals surface area contributed by atoms with E-state index in [0.29, 0.717) is 17.5 Å². The smallest absolute Gasteiger partial charge is 0.230 e. The zero-order valence-electron chi connectivity index (χ0n) is 15.1. The topological polar surface area (TPSA) is 71.8 Å². The van der Waals surface area contributed by atoms with Crippen LogP contribution in [0.3, 0.4) is 0 Å². The largest absolute Gasteiger partial charge is 0.351 e. The van der Waals surface area contributed by atoms with Gasteiger partial charge in [0.25, 0.3) is 0 Å². The highest BCUT2D eigenvalue weighted by Crippen LogP contribution is 2.15. The minimum atomic E-state index is -0.234. The third-order valence-corrected chi connectivity index (χ3v) is 4.05. The van der Waals surface area contributed by atoms with Gasteiger partial charge in [0.15, 0.2) is 0 Å². The van der Waals surface area contributed by atoms with Crippen molar-refractivity contribution in [3.63, 3.8) is 0 Å². The number of rotatable bonds is 7. The van der Waals surface area contributed by atoms with Crippen LogP contribution in [0.5, 0.6) is 0 Å². The second-order valence-electron chi connectivity index (χ2n) is 6.63. The van der Waals surface area contributed by atoms with Gasteiger partial charge in [-0.25, -0.2) is 4.68 Å². The predicted octanol–water partition coefficient (Wildman–Crippen LogP) is 2.85. The average Bonchev–Trinajstić information content (AvgIpc) is 2.89. The lowest BCUT2D eigenvalue weighted by Crippen LogP contribution is -2.41. The summed E-state index contributed by atoms with van der Waals surface area (Å²) in [5.41, 5.74) is 4.17. The molecular formula is C18H25N5OS. The fraction of sp³-hybridized carbons (Fsp3) is 0.389. The Balaban J connectivity index is 1.88. The Morgan fingerprint density at radius 2 is 1.96 bits per heavy atom. The number of hydrogen-bond acceptors (Lipinski definition) is 5. The molecule has 0 aliphatic heterocycles. The number of nitrogens with zero attached hydrogens (tertiary/aromatic N) is 3. The maximum atomic E-state index is 11.9. The van der Waals surface area contributed by atoms with Crippen LogP contribution in [0.4, 0.5) is 0 Å². The first-order valence-corrected chi connectivity index (χ1v) is 9.15. The van der Waals surface area contributed by atoms with Crippen molar-refractivity contribution in [2.75, 3.05) is 17.7 Å². The maximum Gasteiger partial charge on any atom is 0.230 e. The number of thioether (sulfide) groups is 1. The van der Waals surface area contributed by atoms with Crippen molar-refractivity contribution in [2.45, 2.75) is 38.4 Å². The number of nitrogens with one attached hydrogen (secondary N) is 2. The fourth-order valence-corrected chi connectivity index (χ4v) is 2.86. The van der Waals surface area contributed by atoms with Crippen molar-refractivity contribution in [1.29, 1.82) is 0 Å². The average molecular weight is 359 g/mol. The number of aryl methyl sites for hydroxylation is 1. The highest BCUT2D eigenvalue weighted by Gasteiger charge is 2.16. The van der Waals surface area contributed by atoms with Crippen molar-refractivity contribution in [3.8, 4) is 0 Å². The molecule has 1 heterocycles. The molecule has 1 aromatic heterocycles. The number of aromatic nitrogens is 3. The van der Waals surface area contributed by atoms with E-state index in [2.05, 4.69) is 39.1 Å². The predicted molar refractivity (Wildman–Crippen MR) is 103 cm³/mol. The van der Waals surface area contributed by atoms with Crippen molar-refractivity contribution < 1.29 is 4.79 Å². The van der Waals surface area contributed by atoms with E-state index in [-0.39, 0.29) is 11.4 Å². The Bertz CT molecular complexity index is 719. The summed E-state index contributed by atoms with van der Waals surface area (Å²) in [5.74, 6) is 1.04. The lowest BCUT2D eigenvalue weighted by atomic mass is 10.1. The molecule has 2 rings (SSSR count). The lowest BCUT2D eigenvalue weighted by Gasteiger charge is -2.20. The van der Waals surface area contributed by atoms with Gasteiger partial charge < -0.3 is 10.7 Å². The molecule has 1 amide bonds. The summed E-state index contributed by atoms with van der Waals surface area (Å²) in [6.07, 6.45) is 4.09. The van der Waals surface area contributed by atoms with Gasteiger partial charge in [0.05, 0.1) is 5.75 Å². The highest BCUT2D eigenvalue weighted by molar-refractivity contribution is 7.99. The Morgan fingerprint density at radius 3 is 2.64 bits per heavy atom. The molecule has 0 aliphatic carbocycles. The van der Waals surface area contributed by atoms with Crippen molar-refractivity contribution in [3.05, 3.63) is 47.8 Å². The van der Waals surface area contributed by atoms with Crippen molar-refractivity contribution in [2.24, 2.45) is 0 Å². The number of hydrogen-bond donors (Lipinski definition) is 2. The van der Waals surface area contributed by atoms with Crippen LogP contribution >= 0.6 is 11.8 Å². The van der Waals surface area contributed by atoms with Gasteiger partial charge in [0, 0.05) is 12.1 Å². The number of amides is 1. The normalized spacial score (nSPS) is 11.7. The number of benzene rings is 1. The summed E-state index contributed by atoms with van der Waals surface area (Å²) >= 11 is 1.36. The minimum absolute atomic E-state index is 0.0197. The summed E-state index contributed by atoms with van der Waals surface area (Å²) in [5, 5.41) is 11.8. The summed E-state index contributed by atoms with van der Waals surface area (Å²) < 4.78 is 1.81. The highest BCUT2D eigenvalue weighted by atomic mass is 32.2. The van der Waals surface area contributed by atoms with E-state index in [4.69, 9.17) is 0 Å². The van der Waals surface area contributed by atoms with E-state index in [1.165, 1.54) is 11.8 Å². The third-order valence-electron chi connectivity index (χ3n) is 3.12. The molecule has 2 aromatic rings. The second kappa shape index (κ2) is 8.71. The molecule has 0 radical (unpaired) electrons. The summed E-state index contributed by atoms with van der Waals surface area (Å²) in [4.78, 5) is 11.9. The van der Waals surface area contributed by atoms with E-state index in [1.807, 2.05) is 56.6 Å². The Morgan fingerprint density at radius 1 is 1.24 bits per heavy atom. The molecule has 25 heavy (non-hydrogen) atoms. The van der Waals surface area contributed by atoms with Crippen LogP contribution in [-0.2, 0) is 4.79 Å². The monoisotopic (exact) mass is 359 g/mol. The minimum Gasteiger partial charge on any atom is -0.351 e. The Labute approximate surface area is 153 Å². The van der Waals surface area contributed by atoms with E-state index in [0.717, 1.165) is 11.4 Å².